The molecule has 0 aromatic carbocycles. The second kappa shape index (κ2) is 4.37. The van der Waals surface area contributed by atoms with Gasteiger partial charge in [-0.25, -0.2) is 9.97 Å². The highest BCUT2D eigenvalue weighted by Crippen LogP contribution is 2.21. The van der Waals surface area contributed by atoms with Crippen molar-refractivity contribution in [2.75, 3.05) is 13.6 Å². The number of H-pyrrole nitrogens is 1. The maximum atomic E-state index is 5.96. The zero-order valence-corrected chi connectivity index (χ0v) is 8.91. The van der Waals surface area contributed by atoms with Crippen molar-refractivity contribution in [3.05, 3.63) is 23.3 Å². The van der Waals surface area contributed by atoms with Gasteiger partial charge < -0.3 is 5.32 Å². The van der Waals surface area contributed by atoms with Crippen LogP contribution in [0.4, 0.5) is 0 Å². The molecule has 0 aliphatic heterocycles. The fraction of sp³-hybridized carbons (Fsp3) is 0.222. The van der Waals surface area contributed by atoms with E-state index in [4.69, 9.17) is 11.6 Å². The van der Waals surface area contributed by atoms with E-state index in [-0.39, 0.29) is 0 Å². The molecule has 2 heterocycles. The highest BCUT2D eigenvalue weighted by atomic mass is 35.5. The molecule has 5 nitrogen and oxygen atoms in total. The van der Waals surface area contributed by atoms with Crippen molar-refractivity contribution in [2.24, 2.45) is 0 Å². The van der Waals surface area contributed by atoms with Crippen molar-refractivity contribution < 1.29 is 0 Å². The first kappa shape index (κ1) is 10.1. The van der Waals surface area contributed by atoms with Gasteiger partial charge in [-0.1, -0.05) is 17.7 Å². The van der Waals surface area contributed by atoms with Crippen molar-refractivity contribution in [2.45, 2.75) is 0 Å². The third-order valence-electron chi connectivity index (χ3n) is 1.94. The SMILES string of the molecule is CNCC=Cc1[nH]nc2ncnc(Cl)c12. The van der Waals surface area contributed by atoms with E-state index in [0.29, 0.717) is 10.8 Å². The zero-order chi connectivity index (χ0) is 10.7. The first-order valence-electron chi connectivity index (χ1n) is 4.48. The predicted molar refractivity (Wildman–Crippen MR) is 59.7 cm³/mol. The number of hydrogen-bond donors (Lipinski definition) is 2. The molecule has 2 aromatic heterocycles. The summed E-state index contributed by atoms with van der Waals surface area (Å²) in [6, 6.07) is 0. The minimum absolute atomic E-state index is 0.415. The van der Waals surface area contributed by atoms with Crippen molar-refractivity contribution in [1.29, 1.82) is 0 Å². The molecule has 0 radical (unpaired) electrons. The molecule has 0 atom stereocenters. The van der Waals surface area contributed by atoms with Crippen LogP contribution in [0.25, 0.3) is 17.1 Å². The zero-order valence-electron chi connectivity index (χ0n) is 8.16. The summed E-state index contributed by atoms with van der Waals surface area (Å²) in [6.07, 6.45) is 5.27. The molecular weight excluding hydrogens is 214 g/mol. The predicted octanol–water partition coefficient (Wildman–Crippen LogP) is 1.24. The summed E-state index contributed by atoms with van der Waals surface area (Å²) in [5.41, 5.74) is 1.41. The maximum Gasteiger partial charge on any atom is 0.186 e. The van der Waals surface area contributed by atoms with Gasteiger partial charge in [-0.15, -0.1) is 0 Å². The van der Waals surface area contributed by atoms with Crippen LogP contribution in [-0.2, 0) is 0 Å². The van der Waals surface area contributed by atoms with Crippen molar-refractivity contribution in [1.82, 2.24) is 25.5 Å². The monoisotopic (exact) mass is 223 g/mol. The second-order valence-electron chi connectivity index (χ2n) is 2.96. The molecule has 0 fully saturated rings. The summed E-state index contributed by atoms with van der Waals surface area (Å²) in [7, 11) is 1.88. The third kappa shape index (κ3) is 1.98. The van der Waals surface area contributed by atoms with E-state index in [1.165, 1.54) is 6.33 Å². The van der Waals surface area contributed by atoms with Crippen LogP contribution in [0.15, 0.2) is 12.4 Å². The molecule has 78 valence electrons. The molecule has 0 saturated heterocycles. The molecule has 0 amide bonds. The molecule has 6 heteroatoms. The fourth-order valence-corrected chi connectivity index (χ4v) is 1.49. The highest BCUT2D eigenvalue weighted by molar-refractivity contribution is 6.34. The van der Waals surface area contributed by atoms with E-state index >= 15 is 0 Å². The van der Waals surface area contributed by atoms with E-state index in [1.54, 1.807) is 0 Å². The van der Waals surface area contributed by atoms with Gasteiger partial charge in [0.15, 0.2) is 5.65 Å². The number of halogens is 1. The number of hydrogen-bond acceptors (Lipinski definition) is 4. The summed E-state index contributed by atoms with van der Waals surface area (Å²) in [4.78, 5) is 7.92. The summed E-state index contributed by atoms with van der Waals surface area (Å²) in [5.74, 6) is 0. The van der Waals surface area contributed by atoms with Crippen LogP contribution in [0.1, 0.15) is 5.69 Å². The van der Waals surface area contributed by atoms with E-state index < -0.39 is 0 Å². The van der Waals surface area contributed by atoms with Crippen LogP contribution in [0.5, 0.6) is 0 Å². The lowest BCUT2D eigenvalue weighted by Crippen LogP contribution is -2.03. The van der Waals surface area contributed by atoms with Gasteiger partial charge in [-0.05, 0) is 13.1 Å². The molecule has 0 bridgehead atoms. The van der Waals surface area contributed by atoms with Gasteiger partial charge in [-0.3, -0.25) is 5.10 Å². The van der Waals surface area contributed by atoms with Gasteiger partial charge in [0.25, 0.3) is 0 Å². The Morgan fingerprint density at radius 3 is 3.20 bits per heavy atom. The molecule has 0 aliphatic carbocycles. The van der Waals surface area contributed by atoms with E-state index in [0.717, 1.165) is 17.6 Å². The van der Waals surface area contributed by atoms with Crippen molar-refractivity contribution in [3.63, 3.8) is 0 Å². The van der Waals surface area contributed by atoms with Gasteiger partial charge in [0.05, 0.1) is 11.1 Å². The summed E-state index contributed by atoms with van der Waals surface area (Å²) >= 11 is 5.96. The van der Waals surface area contributed by atoms with Crippen LogP contribution in [0.3, 0.4) is 0 Å². The molecular formula is C9H10ClN5. The molecule has 2 aromatic rings. The molecule has 2 rings (SSSR count). The lowest BCUT2D eigenvalue weighted by Gasteiger charge is -1.92. The smallest absolute Gasteiger partial charge is 0.186 e. The third-order valence-corrected chi connectivity index (χ3v) is 2.23. The molecule has 0 unspecified atom stereocenters. The van der Waals surface area contributed by atoms with E-state index in [1.807, 2.05) is 19.2 Å². The Morgan fingerprint density at radius 1 is 1.53 bits per heavy atom. The molecule has 15 heavy (non-hydrogen) atoms. The Kier molecular flexibility index (Phi) is 2.94. The fourth-order valence-electron chi connectivity index (χ4n) is 1.26. The largest absolute Gasteiger partial charge is 0.316 e. The summed E-state index contributed by atoms with van der Waals surface area (Å²) in [6.45, 7) is 0.784. The number of aromatic amines is 1. The topological polar surface area (TPSA) is 66.5 Å². The number of fused-ring (bicyclic) bond motifs is 1. The number of aromatic nitrogens is 4. The van der Waals surface area contributed by atoms with Crippen LogP contribution < -0.4 is 5.32 Å². The number of likely N-dealkylation sites (N-methyl/N-ethyl adjacent to an activating group) is 1. The summed E-state index contributed by atoms with van der Waals surface area (Å²) in [5, 5.41) is 11.1. The quantitative estimate of drug-likeness (QED) is 0.769. The van der Waals surface area contributed by atoms with Gasteiger partial charge in [0.1, 0.15) is 11.5 Å². The Bertz CT molecular complexity index is 490. The second-order valence-corrected chi connectivity index (χ2v) is 3.32. The van der Waals surface area contributed by atoms with Gasteiger partial charge in [-0.2, -0.15) is 5.10 Å². The summed E-state index contributed by atoms with van der Waals surface area (Å²) < 4.78 is 0. The van der Waals surface area contributed by atoms with Crippen molar-refractivity contribution in [3.8, 4) is 0 Å². The maximum absolute atomic E-state index is 5.96. The Morgan fingerprint density at radius 2 is 2.40 bits per heavy atom. The van der Waals surface area contributed by atoms with Gasteiger partial charge in [0, 0.05) is 6.54 Å². The minimum atomic E-state index is 0.415. The molecule has 0 aliphatic rings. The first-order chi connectivity index (χ1) is 7.33. The van der Waals surface area contributed by atoms with Crippen LogP contribution in [0, 0.1) is 0 Å². The normalized spacial score (nSPS) is 11.6. The van der Waals surface area contributed by atoms with Gasteiger partial charge in [0.2, 0.25) is 0 Å². The molecule has 0 saturated carbocycles. The molecule has 2 N–H and O–H groups in total. The molecule has 0 spiro atoms. The number of nitrogens with zero attached hydrogens (tertiary/aromatic N) is 3. The van der Waals surface area contributed by atoms with Crippen LogP contribution >= 0.6 is 11.6 Å². The first-order valence-corrected chi connectivity index (χ1v) is 4.86. The average molecular weight is 224 g/mol. The Labute approximate surface area is 91.6 Å². The lowest BCUT2D eigenvalue weighted by molar-refractivity contribution is 0.922. The van der Waals surface area contributed by atoms with E-state index in [2.05, 4.69) is 25.5 Å². The van der Waals surface area contributed by atoms with E-state index in [9.17, 15) is 0 Å². The average Bonchev–Trinajstić information content (AvgIpc) is 2.63. The number of rotatable bonds is 3. The van der Waals surface area contributed by atoms with Crippen molar-refractivity contribution >= 4 is 28.7 Å². The Hall–Kier alpha value is -1.46. The lowest BCUT2D eigenvalue weighted by atomic mass is 10.3. The standard InChI is InChI=1S/C9H10ClN5/c1-11-4-2-3-6-7-8(10)12-5-13-9(7)15-14-6/h2-3,5,11H,4H2,1H3,(H,12,13,14,15). The van der Waals surface area contributed by atoms with Crippen LogP contribution in [0.2, 0.25) is 5.15 Å². The Balaban J connectivity index is 2.44. The van der Waals surface area contributed by atoms with Crippen LogP contribution in [-0.4, -0.2) is 33.8 Å². The minimum Gasteiger partial charge on any atom is -0.316 e. The number of nitrogens with one attached hydrogen (secondary N) is 2. The highest BCUT2D eigenvalue weighted by Gasteiger charge is 2.08. The van der Waals surface area contributed by atoms with Gasteiger partial charge >= 0.3 is 0 Å².